The van der Waals surface area contributed by atoms with Crippen LogP contribution in [-0.2, 0) is 13.0 Å². The van der Waals surface area contributed by atoms with Crippen LogP contribution < -0.4 is 4.74 Å². The first-order valence-electron chi connectivity index (χ1n) is 12.9. The van der Waals surface area contributed by atoms with Crippen molar-refractivity contribution in [2.45, 2.75) is 31.7 Å². The standard InChI is InChI=1S/C29H26F2N6O/c30-23-4-1-5-24(31)22(23)16-37-11-2-3-20(15-37)29-32-28(35-36-29)19-6-8-25-21(14-19)27(34-33-25)18-7-9-26-17(13-18)10-12-38-26/h1,4-9,13-14,20H,2-3,10-12,15-16H2,(H,33,34)(H,32,35,36)/t20-/m1/s1. The monoisotopic (exact) mass is 512 g/mol. The first-order chi connectivity index (χ1) is 18.6. The van der Waals surface area contributed by atoms with Gasteiger partial charge in [0.25, 0.3) is 0 Å². The number of likely N-dealkylation sites (tertiary alicyclic amines) is 1. The van der Waals surface area contributed by atoms with Gasteiger partial charge in [-0.1, -0.05) is 6.07 Å². The number of rotatable bonds is 5. The molecule has 0 unspecified atom stereocenters. The van der Waals surface area contributed by atoms with Gasteiger partial charge in [-0.15, -0.1) is 0 Å². The number of ether oxygens (including phenoxy) is 1. The number of aromatic nitrogens is 5. The molecule has 0 bridgehead atoms. The molecule has 4 heterocycles. The van der Waals surface area contributed by atoms with Crippen molar-refractivity contribution in [3.05, 3.63) is 83.2 Å². The summed E-state index contributed by atoms with van der Waals surface area (Å²) < 4.78 is 34.0. The van der Waals surface area contributed by atoms with E-state index in [9.17, 15) is 8.78 Å². The third kappa shape index (κ3) is 4.12. The Morgan fingerprint density at radius 1 is 0.974 bits per heavy atom. The fourth-order valence-corrected chi connectivity index (χ4v) is 5.62. The van der Waals surface area contributed by atoms with Gasteiger partial charge >= 0.3 is 0 Å². The second-order valence-electron chi connectivity index (χ2n) is 10.1. The quantitative estimate of drug-likeness (QED) is 0.320. The second-order valence-corrected chi connectivity index (χ2v) is 10.1. The molecule has 2 N–H and O–H groups in total. The highest BCUT2D eigenvalue weighted by Crippen LogP contribution is 2.34. The predicted octanol–water partition coefficient (Wildman–Crippen LogP) is 5.61. The lowest BCUT2D eigenvalue weighted by Gasteiger charge is -2.31. The Morgan fingerprint density at radius 2 is 1.84 bits per heavy atom. The lowest BCUT2D eigenvalue weighted by atomic mass is 9.97. The van der Waals surface area contributed by atoms with E-state index in [1.54, 1.807) is 0 Å². The Balaban J connectivity index is 1.13. The van der Waals surface area contributed by atoms with Crippen LogP contribution in [0, 0.1) is 11.6 Å². The molecule has 38 heavy (non-hydrogen) atoms. The molecule has 2 aliphatic rings. The van der Waals surface area contributed by atoms with Crippen molar-refractivity contribution in [2.24, 2.45) is 0 Å². The summed E-state index contributed by atoms with van der Waals surface area (Å²) in [6.45, 7) is 2.41. The number of piperidine rings is 1. The number of hydrogen-bond acceptors (Lipinski definition) is 5. The third-order valence-electron chi connectivity index (χ3n) is 7.62. The molecular formula is C29H26F2N6O. The summed E-state index contributed by atoms with van der Waals surface area (Å²) in [7, 11) is 0. The largest absolute Gasteiger partial charge is 0.493 e. The van der Waals surface area contributed by atoms with Crippen molar-refractivity contribution < 1.29 is 13.5 Å². The summed E-state index contributed by atoms with van der Waals surface area (Å²) in [6.07, 6.45) is 2.77. The van der Waals surface area contributed by atoms with Crippen LogP contribution in [0.1, 0.15) is 35.7 Å². The molecule has 1 atom stereocenters. The van der Waals surface area contributed by atoms with Crippen LogP contribution >= 0.6 is 0 Å². The van der Waals surface area contributed by atoms with E-state index in [1.807, 2.05) is 24.3 Å². The van der Waals surface area contributed by atoms with Crippen LogP contribution in [0.15, 0.2) is 54.6 Å². The number of nitrogens with one attached hydrogen (secondary N) is 2. The molecule has 1 fully saturated rings. The normalized spacial score (nSPS) is 17.6. The van der Waals surface area contributed by atoms with Crippen LogP contribution in [0.4, 0.5) is 8.78 Å². The van der Waals surface area contributed by atoms with Gasteiger partial charge in [-0.2, -0.15) is 10.2 Å². The molecule has 192 valence electrons. The Morgan fingerprint density at radius 3 is 2.74 bits per heavy atom. The number of benzene rings is 3. The molecule has 2 aromatic heterocycles. The van der Waals surface area contributed by atoms with Gasteiger partial charge in [0.2, 0.25) is 0 Å². The number of halogens is 2. The summed E-state index contributed by atoms with van der Waals surface area (Å²) in [5.74, 6) is 1.47. The molecule has 5 aromatic rings. The van der Waals surface area contributed by atoms with Gasteiger partial charge in [0.15, 0.2) is 5.82 Å². The van der Waals surface area contributed by atoms with Gasteiger partial charge in [-0.25, -0.2) is 13.8 Å². The molecule has 0 aliphatic carbocycles. The minimum atomic E-state index is -0.503. The summed E-state index contributed by atoms with van der Waals surface area (Å²) in [5, 5.41) is 16.4. The molecule has 0 spiro atoms. The maximum Gasteiger partial charge on any atom is 0.181 e. The summed E-state index contributed by atoms with van der Waals surface area (Å²) in [5.41, 5.74) is 5.09. The molecule has 3 aromatic carbocycles. The Labute approximate surface area is 217 Å². The number of H-pyrrole nitrogens is 2. The molecule has 0 radical (unpaired) electrons. The summed E-state index contributed by atoms with van der Waals surface area (Å²) in [4.78, 5) is 6.92. The van der Waals surface area contributed by atoms with Gasteiger partial charge in [-0.3, -0.25) is 15.1 Å². The molecule has 7 nitrogen and oxygen atoms in total. The Hall–Kier alpha value is -4.11. The van der Waals surface area contributed by atoms with Crippen LogP contribution in [0.2, 0.25) is 0 Å². The fraction of sp³-hybridized carbons (Fsp3) is 0.276. The first-order valence-corrected chi connectivity index (χ1v) is 12.9. The topological polar surface area (TPSA) is 82.7 Å². The highest BCUT2D eigenvalue weighted by atomic mass is 19.1. The van der Waals surface area contributed by atoms with Crippen molar-refractivity contribution in [2.75, 3.05) is 19.7 Å². The van der Waals surface area contributed by atoms with Crippen LogP contribution in [0.25, 0.3) is 33.5 Å². The van der Waals surface area contributed by atoms with Crippen LogP contribution in [0.5, 0.6) is 5.75 Å². The average Bonchev–Trinajstić information content (AvgIpc) is 3.70. The lowest BCUT2D eigenvalue weighted by Crippen LogP contribution is -2.34. The van der Waals surface area contributed by atoms with Crippen LogP contribution in [-0.4, -0.2) is 50.0 Å². The van der Waals surface area contributed by atoms with Crippen molar-refractivity contribution in [3.63, 3.8) is 0 Å². The summed E-state index contributed by atoms with van der Waals surface area (Å²) in [6, 6.07) is 16.3. The fourth-order valence-electron chi connectivity index (χ4n) is 5.62. The first kappa shape index (κ1) is 23.0. The maximum absolute atomic E-state index is 14.2. The van der Waals surface area contributed by atoms with Crippen molar-refractivity contribution in [3.8, 4) is 28.4 Å². The van der Waals surface area contributed by atoms with E-state index in [1.165, 1.54) is 23.8 Å². The number of fused-ring (bicyclic) bond motifs is 2. The minimum Gasteiger partial charge on any atom is -0.493 e. The second kappa shape index (κ2) is 9.33. The number of aromatic amines is 2. The van der Waals surface area contributed by atoms with E-state index in [-0.39, 0.29) is 18.0 Å². The Bertz CT molecular complexity index is 1620. The van der Waals surface area contributed by atoms with Gasteiger partial charge < -0.3 is 4.74 Å². The highest BCUT2D eigenvalue weighted by molar-refractivity contribution is 5.95. The lowest BCUT2D eigenvalue weighted by molar-refractivity contribution is 0.192. The van der Waals surface area contributed by atoms with Gasteiger partial charge in [0.05, 0.1) is 17.8 Å². The van der Waals surface area contributed by atoms with Gasteiger partial charge in [0.1, 0.15) is 23.2 Å². The van der Waals surface area contributed by atoms with Gasteiger partial charge in [0, 0.05) is 47.5 Å². The molecule has 7 rings (SSSR count). The molecular weight excluding hydrogens is 486 g/mol. The van der Waals surface area contributed by atoms with E-state index in [0.29, 0.717) is 12.4 Å². The Kier molecular flexibility index (Phi) is 5.65. The van der Waals surface area contributed by atoms with E-state index in [0.717, 1.165) is 71.7 Å². The zero-order valence-corrected chi connectivity index (χ0v) is 20.7. The number of hydrogen-bond donors (Lipinski definition) is 2. The zero-order chi connectivity index (χ0) is 25.6. The van der Waals surface area contributed by atoms with E-state index in [2.05, 4.69) is 37.4 Å². The predicted molar refractivity (Wildman–Crippen MR) is 140 cm³/mol. The van der Waals surface area contributed by atoms with Gasteiger partial charge in [-0.05, 0) is 73.5 Å². The molecule has 0 amide bonds. The van der Waals surface area contributed by atoms with Crippen molar-refractivity contribution in [1.82, 2.24) is 30.3 Å². The van der Waals surface area contributed by atoms with E-state index >= 15 is 0 Å². The molecule has 0 saturated carbocycles. The van der Waals surface area contributed by atoms with E-state index in [4.69, 9.17) is 9.72 Å². The smallest absolute Gasteiger partial charge is 0.181 e. The van der Waals surface area contributed by atoms with Crippen LogP contribution in [0.3, 0.4) is 0 Å². The minimum absolute atomic E-state index is 0.113. The maximum atomic E-state index is 14.2. The highest BCUT2D eigenvalue weighted by Gasteiger charge is 2.26. The SMILES string of the molecule is Fc1cccc(F)c1CN1CCC[C@@H](c2nc(-c3ccc4[nH]nc(-c5ccc6c(c5)CCO6)c4c3)n[nH]2)C1. The molecule has 2 aliphatic heterocycles. The molecule has 9 heteroatoms. The summed E-state index contributed by atoms with van der Waals surface area (Å²) >= 11 is 0. The number of nitrogens with zero attached hydrogens (tertiary/aromatic N) is 4. The average molecular weight is 513 g/mol. The molecule has 1 saturated heterocycles. The van der Waals surface area contributed by atoms with Crippen molar-refractivity contribution in [1.29, 1.82) is 0 Å². The third-order valence-corrected chi connectivity index (χ3v) is 7.62. The zero-order valence-electron chi connectivity index (χ0n) is 20.7. The van der Waals surface area contributed by atoms with Crippen molar-refractivity contribution >= 4 is 10.9 Å². The van der Waals surface area contributed by atoms with E-state index < -0.39 is 11.6 Å².